The Labute approximate surface area is 90.1 Å². The summed E-state index contributed by atoms with van der Waals surface area (Å²) in [5.41, 5.74) is 8.19. The molecule has 0 saturated carbocycles. The molecule has 1 heterocycles. The molecule has 1 amide bonds. The van der Waals surface area contributed by atoms with E-state index in [1.54, 1.807) is 23.2 Å². The predicted molar refractivity (Wildman–Crippen MR) is 58.6 cm³/mol. The van der Waals surface area contributed by atoms with Gasteiger partial charge in [0.2, 0.25) is 5.91 Å². The van der Waals surface area contributed by atoms with Crippen LogP contribution in [0.5, 0.6) is 0 Å². The van der Waals surface area contributed by atoms with Gasteiger partial charge in [0, 0.05) is 19.3 Å². The van der Waals surface area contributed by atoms with E-state index in [1.807, 2.05) is 13.8 Å². The number of rotatable bonds is 4. The molecule has 0 unspecified atom stereocenters. The zero-order valence-electron chi connectivity index (χ0n) is 9.16. The number of amides is 1. The largest absolute Gasteiger partial charge is 0.343 e. The molecule has 0 fully saturated rings. The second-order valence-electron chi connectivity index (χ2n) is 3.29. The number of carbonyl (C=O) groups is 1. The van der Waals surface area contributed by atoms with Gasteiger partial charge in [0.1, 0.15) is 5.82 Å². The third-order valence-electron chi connectivity index (χ3n) is 2.30. The summed E-state index contributed by atoms with van der Waals surface area (Å²) in [6.45, 7) is 5.38. The average molecular weight is 206 g/mol. The number of nitrogens with zero attached hydrogens (tertiary/aromatic N) is 2. The number of pyridine rings is 1. The monoisotopic (exact) mass is 206 g/mol. The highest BCUT2D eigenvalue weighted by atomic mass is 16.2. The summed E-state index contributed by atoms with van der Waals surface area (Å²) in [6.07, 6.45) is 1.92. The maximum Gasteiger partial charge on any atom is 0.226 e. The fourth-order valence-electron chi connectivity index (χ4n) is 1.45. The number of nitrogens with one attached hydrogen (secondary N) is 1. The van der Waals surface area contributed by atoms with Gasteiger partial charge in [0.05, 0.1) is 6.42 Å². The molecule has 0 saturated heterocycles. The van der Waals surface area contributed by atoms with Gasteiger partial charge in [-0.2, -0.15) is 0 Å². The summed E-state index contributed by atoms with van der Waals surface area (Å²) in [4.78, 5) is 17.3. The minimum atomic E-state index is 0.102. The second-order valence-corrected chi connectivity index (χ2v) is 3.29. The van der Waals surface area contributed by atoms with Crippen molar-refractivity contribution in [3.8, 4) is 0 Å². The van der Waals surface area contributed by atoms with Gasteiger partial charge >= 0.3 is 0 Å². The Morgan fingerprint density at radius 2 is 2.13 bits per heavy atom. The molecule has 0 aliphatic rings. The maximum atomic E-state index is 11.7. The predicted octanol–water partition coefficient (Wildman–Crippen LogP) is 1.41. The van der Waals surface area contributed by atoms with Crippen molar-refractivity contribution in [2.24, 2.45) is 0 Å². The van der Waals surface area contributed by atoms with Gasteiger partial charge < -0.3 is 4.90 Å². The van der Waals surface area contributed by atoms with Crippen LogP contribution in [0.2, 0.25) is 0 Å². The smallest absolute Gasteiger partial charge is 0.226 e. The van der Waals surface area contributed by atoms with Gasteiger partial charge in [0.15, 0.2) is 0 Å². The van der Waals surface area contributed by atoms with Gasteiger partial charge in [-0.25, -0.2) is 4.98 Å². The lowest BCUT2D eigenvalue weighted by Gasteiger charge is -2.18. The molecule has 1 aromatic rings. The minimum Gasteiger partial charge on any atom is -0.343 e. The summed E-state index contributed by atoms with van der Waals surface area (Å²) in [7, 11) is 0. The first-order chi connectivity index (χ1) is 7.17. The zero-order chi connectivity index (χ0) is 11.3. The molecule has 4 nitrogen and oxygen atoms in total. The van der Waals surface area contributed by atoms with Crippen LogP contribution in [0.4, 0.5) is 5.82 Å². The zero-order valence-corrected chi connectivity index (χ0v) is 9.16. The van der Waals surface area contributed by atoms with E-state index in [9.17, 15) is 4.79 Å². The first-order valence-corrected chi connectivity index (χ1v) is 5.11. The summed E-state index contributed by atoms with van der Waals surface area (Å²) in [5, 5.41) is 0. The van der Waals surface area contributed by atoms with Crippen molar-refractivity contribution >= 4 is 11.7 Å². The molecular formula is C11H16N3O. The Balaban J connectivity index is 2.65. The van der Waals surface area contributed by atoms with Crippen LogP contribution >= 0.6 is 0 Å². The molecule has 0 aliphatic heterocycles. The third-order valence-corrected chi connectivity index (χ3v) is 2.30. The van der Waals surface area contributed by atoms with E-state index in [1.165, 1.54) is 0 Å². The van der Waals surface area contributed by atoms with Gasteiger partial charge in [-0.15, -0.1) is 0 Å². The molecule has 1 radical (unpaired) electrons. The average Bonchev–Trinajstić information content (AvgIpc) is 2.19. The Morgan fingerprint density at radius 1 is 1.47 bits per heavy atom. The van der Waals surface area contributed by atoms with Crippen molar-refractivity contribution in [2.45, 2.75) is 20.3 Å². The molecule has 0 atom stereocenters. The third kappa shape index (κ3) is 3.23. The molecule has 1 N–H and O–H groups in total. The van der Waals surface area contributed by atoms with Crippen LogP contribution in [0.15, 0.2) is 18.3 Å². The van der Waals surface area contributed by atoms with Gasteiger partial charge in [0.25, 0.3) is 0 Å². The van der Waals surface area contributed by atoms with E-state index in [4.69, 9.17) is 5.73 Å². The van der Waals surface area contributed by atoms with Crippen molar-refractivity contribution in [1.82, 2.24) is 15.6 Å². The summed E-state index contributed by atoms with van der Waals surface area (Å²) >= 11 is 0. The molecule has 0 bridgehead atoms. The Morgan fingerprint density at radius 3 is 2.67 bits per heavy atom. The highest BCUT2D eigenvalue weighted by Crippen LogP contribution is 2.06. The molecule has 1 aromatic heterocycles. The summed E-state index contributed by atoms with van der Waals surface area (Å²) in [6, 6.07) is 3.40. The lowest BCUT2D eigenvalue weighted by Crippen LogP contribution is -2.31. The van der Waals surface area contributed by atoms with Crippen molar-refractivity contribution in [3.05, 3.63) is 23.9 Å². The van der Waals surface area contributed by atoms with Crippen molar-refractivity contribution < 1.29 is 4.79 Å². The van der Waals surface area contributed by atoms with E-state index >= 15 is 0 Å². The Bertz CT molecular complexity index is 334. The van der Waals surface area contributed by atoms with E-state index in [0.717, 1.165) is 18.7 Å². The summed E-state index contributed by atoms with van der Waals surface area (Å²) in [5.74, 6) is 0.311. The molecule has 4 heteroatoms. The molecule has 0 aromatic carbocycles. The van der Waals surface area contributed by atoms with E-state index in [0.29, 0.717) is 6.42 Å². The lowest BCUT2D eigenvalue weighted by molar-refractivity contribution is -0.130. The highest BCUT2D eigenvalue weighted by molar-refractivity contribution is 5.78. The van der Waals surface area contributed by atoms with Gasteiger partial charge in [-0.05, 0) is 31.5 Å². The topological polar surface area (TPSA) is 57.0 Å². The second kappa shape index (κ2) is 5.34. The molecular weight excluding hydrogens is 190 g/mol. The highest BCUT2D eigenvalue weighted by Gasteiger charge is 2.10. The molecule has 0 spiro atoms. The first-order valence-electron chi connectivity index (χ1n) is 5.11. The normalized spacial score (nSPS) is 10.0. The van der Waals surface area contributed by atoms with Crippen LogP contribution < -0.4 is 5.73 Å². The maximum absolute atomic E-state index is 11.7. The van der Waals surface area contributed by atoms with Crippen LogP contribution in [0.1, 0.15) is 19.4 Å². The quantitative estimate of drug-likeness (QED) is 0.747. The molecule has 15 heavy (non-hydrogen) atoms. The number of carbonyl (C=O) groups excluding carboxylic acids is 1. The molecule has 81 valence electrons. The summed E-state index contributed by atoms with van der Waals surface area (Å²) < 4.78 is 0. The number of aromatic nitrogens is 1. The van der Waals surface area contributed by atoms with E-state index in [2.05, 4.69) is 4.98 Å². The first kappa shape index (κ1) is 11.5. The lowest BCUT2D eigenvalue weighted by atomic mass is 10.2. The Hall–Kier alpha value is -1.58. The SMILES string of the molecule is CCN(CC)C(=O)Cc1ccnc([NH])c1. The standard InChI is InChI=1S/C11H16N3O/c1-3-14(4-2)11(15)8-9-5-6-13-10(12)7-9/h5-7,12H,3-4,8H2,1-2H3. The fourth-order valence-corrected chi connectivity index (χ4v) is 1.45. The van der Waals surface area contributed by atoms with Crippen LogP contribution in [-0.2, 0) is 11.2 Å². The number of likely N-dealkylation sites (N-methyl/N-ethyl adjacent to an activating group) is 1. The van der Waals surface area contributed by atoms with Crippen molar-refractivity contribution in [3.63, 3.8) is 0 Å². The Kier molecular flexibility index (Phi) is 4.09. The minimum absolute atomic E-state index is 0.102. The van der Waals surface area contributed by atoms with Crippen LogP contribution in [0.25, 0.3) is 0 Å². The van der Waals surface area contributed by atoms with E-state index < -0.39 is 0 Å². The van der Waals surface area contributed by atoms with E-state index in [-0.39, 0.29) is 11.7 Å². The van der Waals surface area contributed by atoms with Gasteiger partial charge in [-0.1, -0.05) is 0 Å². The van der Waals surface area contributed by atoms with Crippen molar-refractivity contribution in [2.75, 3.05) is 13.1 Å². The van der Waals surface area contributed by atoms with Crippen LogP contribution in [0, 0.1) is 0 Å². The fraction of sp³-hybridized carbons (Fsp3) is 0.455. The number of hydrogen-bond acceptors (Lipinski definition) is 2. The molecule has 0 aliphatic carbocycles. The van der Waals surface area contributed by atoms with Crippen LogP contribution in [-0.4, -0.2) is 28.9 Å². The number of hydrogen-bond donors (Lipinski definition) is 0. The van der Waals surface area contributed by atoms with Gasteiger partial charge in [-0.3, -0.25) is 10.5 Å². The molecule has 1 rings (SSSR count). The van der Waals surface area contributed by atoms with Crippen molar-refractivity contribution in [1.29, 1.82) is 0 Å². The van der Waals surface area contributed by atoms with Crippen LogP contribution in [0.3, 0.4) is 0 Å².